The molecule has 0 aromatic heterocycles. The second-order valence-electron chi connectivity index (χ2n) is 6.29. The molecule has 0 heterocycles. The van der Waals surface area contributed by atoms with Crippen LogP contribution >= 0.6 is 0 Å². The summed E-state index contributed by atoms with van der Waals surface area (Å²) in [6.07, 6.45) is 10.9. The normalized spacial score (nSPS) is 18.8. The van der Waals surface area contributed by atoms with E-state index in [9.17, 15) is 0 Å². The number of ether oxygens (including phenoxy) is 1. The lowest BCUT2D eigenvalue weighted by molar-refractivity contribution is 0.284. The van der Waals surface area contributed by atoms with E-state index in [-0.39, 0.29) is 0 Å². The molecule has 1 fully saturated rings. The maximum Gasteiger partial charge on any atom is 0.122 e. The van der Waals surface area contributed by atoms with Gasteiger partial charge in [0.25, 0.3) is 0 Å². The Bertz CT molecular complexity index is 396. The van der Waals surface area contributed by atoms with Crippen LogP contribution < -0.4 is 10.1 Å². The minimum atomic E-state index is 0.587. The number of hydrogen-bond acceptors (Lipinski definition) is 2. The summed E-state index contributed by atoms with van der Waals surface area (Å²) in [5.41, 5.74) is 1.34. The highest BCUT2D eigenvalue weighted by atomic mass is 16.5. The van der Waals surface area contributed by atoms with E-state index in [1.54, 1.807) is 7.11 Å². The summed E-state index contributed by atoms with van der Waals surface area (Å²) in [4.78, 5) is 0. The molecule has 21 heavy (non-hydrogen) atoms. The van der Waals surface area contributed by atoms with Crippen molar-refractivity contribution in [3.8, 4) is 5.75 Å². The monoisotopic (exact) mass is 289 g/mol. The molecule has 1 N–H and O–H groups in total. The summed E-state index contributed by atoms with van der Waals surface area (Å²) >= 11 is 0. The van der Waals surface area contributed by atoms with Gasteiger partial charge in [-0.3, -0.25) is 0 Å². The maximum absolute atomic E-state index is 5.53. The average Bonchev–Trinajstić information content (AvgIpc) is 2.47. The van der Waals surface area contributed by atoms with E-state index in [1.165, 1.54) is 50.5 Å². The molecular formula is C19H31NO. The number of nitrogens with one attached hydrogen (secondary N) is 1. The number of benzene rings is 1. The van der Waals surface area contributed by atoms with Gasteiger partial charge in [0.2, 0.25) is 0 Å². The van der Waals surface area contributed by atoms with Crippen molar-refractivity contribution < 1.29 is 4.74 Å². The summed E-state index contributed by atoms with van der Waals surface area (Å²) in [5.74, 6) is 1.85. The molecule has 2 nitrogen and oxygen atoms in total. The number of rotatable bonds is 6. The lowest BCUT2D eigenvalue weighted by Crippen LogP contribution is -2.38. The van der Waals surface area contributed by atoms with E-state index < -0.39 is 0 Å². The third-order valence-electron chi connectivity index (χ3n) is 4.82. The molecule has 0 saturated heterocycles. The van der Waals surface area contributed by atoms with Gasteiger partial charge in [0.05, 0.1) is 7.11 Å². The first-order valence-corrected chi connectivity index (χ1v) is 8.70. The van der Waals surface area contributed by atoms with Gasteiger partial charge in [-0.05, 0) is 43.4 Å². The van der Waals surface area contributed by atoms with Crippen molar-refractivity contribution in [1.82, 2.24) is 5.32 Å². The van der Waals surface area contributed by atoms with E-state index in [1.807, 2.05) is 0 Å². The Morgan fingerprint density at radius 1 is 1.10 bits per heavy atom. The minimum Gasteiger partial charge on any atom is -0.496 e. The smallest absolute Gasteiger partial charge is 0.122 e. The third kappa shape index (κ3) is 5.03. The van der Waals surface area contributed by atoms with Gasteiger partial charge in [0.15, 0.2) is 0 Å². The van der Waals surface area contributed by atoms with Crippen LogP contribution in [0.15, 0.2) is 24.3 Å². The molecule has 2 heteroatoms. The van der Waals surface area contributed by atoms with Gasteiger partial charge >= 0.3 is 0 Å². The van der Waals surface area contributed by atoms with Crippen molar-refractivity contribution in [2.75, 3.05) is 13.7 Å². The predicted octanol–water partition coefficient (Wildman–Crippen LogP) is 4.58. The van der Waals surface area contributed by atoms with Crippen LogP contribution in [0.2, 0.25) is 0 Å². The molecule has 0 aliphatic heterocycles. The molecular weight excluding hydrogens is 258 g/mol. The fourth-order valence-corrected chi connectivity index (χ4v) is 3.67. The molecule has 1 aliphatic rings. The highest BCUT2D eigenvalue weighted by Gasteiger charge is 2.22. The topological polar surface area (TPSA) is 21.3 Å². The standard InChI is InChI=1S/C19H31NO/c1-3-20-18(16-11-7-5-4-6-8-12-16)15-17-13-9-10-14-19(17)21-2/h9-10,13-14,16,18,20H,3-8,11-12,15H2,1-2H3. The zero-order chi connectivity index (χ0) is 14.9. The van der Waals surface area contributed by atoms with Gasteiger partial charge in [-0.25, -0.2) is 0 Å². The molecule has 0 bridgehead atoms. The van der Waals surface area contributed by atoms with E-state index >= 15 is 0 Å². The second-order valence-corrected chi connectivity index (χ2v) is 6.29. The van der Waals surface area contributed by atoms with Gasteiger partial charge in [0, 0.05) is 6.04 Å². The van der Waals surface area contributed by atoms with Crippen LogP contribution in [0.1, 0.15) is 57.4 Å². The summed E-state index contributed by atoms with van der Waals surface area (Å²) in [6.45, 7) is 3.27. The molecule has 1 aromatic carbocycles. The zero-order valence-corrected chi connectivity index (χ0v) is 13.7. The average molecular weight is 289 g/mol. The Kier molecular flexibility index (Phi) is 7.08. The van der Waals surface area contributed by atoms with E-state index in [0.717, 1.165) is 24.6 Å². The van der Waals surface area contributed by atoms with Crippen molar-refractivity contribution in [3.63, 3.8) is 0 Å². The van der Waals surface area contributed by atoms with Gasteiger partial charge in [0.1, 0.15) is 5.75 Å². The fraction of sp³-hybridized carbons (Fsp3) is 0.684. The van der Waals surface area contributed by atoms with Gasteiger partial charge in [-0.1, -0.05) is 57.2 Å². The van der Waals surface area contributed by atoms with Crippen LogP contribution in [0.25, 0.3) is 0 Å². The molecule has 1 unspecified atom stereocenters. The van der Waals surface area contributed by atoms with Gasteiger partial charge in [-0.2, -0.15) is 0 Å². The molecule has 1 aliphatic carbocycles. The predicted molar refractivity (Wildman–Crippen MR) is 90.0 cm³/mol. The van der Waals surface area contributed by atoms with Crippen molar-refractivity contribution in [3.05, 3.63) is 29.8 Å². The molecule has 1 aromatic rings. The Morgan fingerprint density at radius 2 is 1.76 bits per heavy atom. The zero-order valence-electron chi connectivity index (χ0n) is 13.7. The number of likely N-dealkylation sites (N-methyl/N-ethyl adjacent to an activating group) is 1. The third-order valence-corrected chi connectivity index (χ3v) is 4.82. The molecule has 1 saturated carbocycles. The molecule has 118 valence electrons. The summed E-state index contributed by atoms with van der Waals surface area (Å²) in [5, 5.41) is 3.74. The number of hydrogen-bond donors (Lipinski definition) is 1. The van der Waals surface area contributed by atoms with Gasteiger partial charge in [-0.15, -0.1) is 0 Å². The first-order valence-electron chi connectivity index (χ1n) is 8.70. The Balaban J connectivity index is 2.06. The van der Waals surface area contributed by atoms with Crippen LogP contribution in [0.4, 0.5) is 0 Å². The van der Waals surface area contributed by atoms with Crippen molar-refractivity contribution in [2.24, 2.45) is 5.92 Å². The lowest BCUT2D eigenvalue weighted by atomic mass is 9.83. The van der Waals surface area contributed by atoms with Crippen LogP contribution in [0.5, 0.6) is 5.75 Å². The van der Waals surface area contributed by atoms with Crippen LogP contribution in [0.3, 0.4) is 0 Å². The molecule has 2 rings (SSSR count). The first kappa shape index (κ1) is 16.4. The summed E-state index contributed by atoms with van der Waals surface area (Å²) in [6, 6.07) is 9.06. The fourth-order valence-electron chi connectivity index (χ4n) is 3.67. The first-order chi connectivity index (χ1) is 10.3. The van der Waals surface area contributed by atoms with Crippen molar-refractivity contribution in [2.45, 2.75) is 64.3 Å². The SMILES string of the molecule is CCNC(Cc1ccccc1OC)C1CCCCCCC1. The molecule has 0 radical (unpaired) electrons. The van der Waals surface area contributed by atoms with Crippen LogP contribution in [-0.2, 0) is 6.42 Å². The lowest BCUT2D eigenvalue weighted by Gasteiger charge is -2.30. The number of methoxy groups -OCH3 is 1. The highest BCUT2D eigenvalue weighted by Crippen LogP contribution is 2.28. The highest BCUT2D eigenvalue weighted by molar-refractivity contribution is 5.34. The largest absolute Gasteiger partial charge is 0.496 e. The minimum absolute atomic E-state index is 0.587. The van der Waals surface area contributed by atoms with E-state index in [4.69, 9.17) is 4.74 Å². The Morgan fingerprint density at radius 3 is 2.43 bits per heavy atom. The molecule has 0 amide bonds. The second kappa shape index (κ2) is 9.09. The Hall–Kier alpha value is -1.02. The van der Waals surface area contributed by atoms with Crippen molar-refractivity contribution >= 4 is 0 Å². The Labute approximate surface area is 130 Å². The van der Waals surface area contributed by atoms with E-state index in [0.29, 0.717) is 6.04 Å². The van der Waals surface area contributed by atoms with Crippen LogP contribution in [-0.4, -0.2) is 19.7 Å². The summed E-state index contributed by atoms with van der Waals surface area (Å²) < 4.78 is 5.53. The summed E-state index contributed by atoms with van der Waals surface area (Å²) in [7, 11) is 1.77. The van der Waals surface area contributed by atoms with E-state index in [2.05, 4.69) is 36.5 Å². The maximum atomic E-state index is 5.53. The number of para-hydroxylation sites is 1. The van der Waals surface area contributed by atoms with Crippen LogP contribution in [0, 0.1) is 5.92 Å². The quantitative estimate of drug-likeness (QED) is 0.828. The molecule has 0 spiro atoms. The molecule has 1 atom stereocenters. The van der Waals surface area contributed by atoms with Gasteiger partial charge < -0.3 is 10.1 Å². The van der Waals surface area contributed by atoms with Crippen molar-refractivity contribution in [1.29, 1.82) is 0 Å².